The van der Waals surface area contributed by atoms with Crippen LogP contribution in [0.4, 0.5) is 0 Å². The molecule has 2 aromatic rings. The van der Waals surface area contributed by atoms with Gasteiger partial charge in [-0.25, -0.2) is 0 Å². The number of aliphatic hydroxyl groups is 1. The van der Waals surface area contributed by atoms with Gasteiger partial charge in [0.15, 0.2) is 0 Å². The molecule has 1 heterocycles. The Balaban J connectivity index is 1.95. The highest BCUT2D eigenvalue weighted by Gasteiger charge is 2.49. The molecule has 1 unspecified atom stereocenters. The second-order valence-corrected chi connectivity index (χ2v) is 9.15. The zero-order chi connectivity index (χ0) is 23.0. The molecule has 1 aliphatic heterocycles. The van der Waals surface area contributed by atoms with Gasteiger partial charge in [0.2, 0.25) is 0 Å². The zero-order valence-corrected chi connectivity index (χ0v) is 19.4. The Morgan fingerprint density at radius 1 is 1.06 bits per heavy atom. The van der Waals surface area contributed by atoms with Crippen LogP contribution in [0.15, 0.2) is 42.0 Å². The number of ether oxygens (including phenoxy) is 1. The maximum atomic E-state index is 13.3. The van der Waals surface area contributed by atoms with E-state index >= 15 is 0 Å². The molecule has 32 heavy (non-hydrogen) atoms. The molecule has 0 spiro atoms. The van der Waals surface area contributed by atoms with Gasteiger partial charge in [0.05, 0.1) is 29.3 Å². The third-order valence-electron chi connectivity index (χ3n) is 6.45. The van der Waals surface area contributed by atoms with Crippen LogP contribution in [0.2, 0.25) is 5.02 Å². The number of benzene rings is 2. The Bertz CT molecular complexity index is 1100. The number of aliphatic hydroxyl groups excluding tert-OH is 1. The van der Waals surface area contributed by atoms with Crippen molar-refractivity contribution in [3.8, 4) is 5.75 Å². The van der Waals surface area contributed by atoms with E-state index in [2.05, 4.69) is 0 Å². The summed E-state index contributed by atoms with van der Waals surface area (Å²) >= 11 is 6.35. The lowest BCUT2D eigenvalue weighted by molar-refractivity contribution is -0.141. The van der Waals surface area contributed by atoms with Gasteiger partial charge >= 0.3 is 0 Å². The quantitative estimate of drug-likeness (QED) is 0.365. The van der Waals surface area contributed by atoms with Gasteiger partial charge in [-0.2, -0.15) is 0 Å². The van der Waals surface area contributed by atoms with Crippen molar-refractivity contribution in [2.24, 2.45) is 0 Å². The summed E-state index contributed by atoms with van der Waals surface area (Å²) in [7, 11) is 1.46. The topological polar surface area (TPSA) is 66.8 Å². The van der Waals surface area contributed by atoms with Crippen LogP contribution in [0.5, 0.6) is 5.75 Å². The van der Waals surface area contributed by atoms with E-state index in [0.717, 1.165) is 48.8 Å². The molecule has 1 saturated heterocycles. The van der Waals surface area contributed by atoms with Crippen molar-refractivity contribution in [2.45, 2.75) is 58.0 Å². The molecule has 1 amide bonds. The molecule has 1 aliphatic carbocycles. The van der Waals surface area contributed by atoms with E-state index in [9.17, 15) is 14.7 Å². The highest BCUT2D eigenvalue weighted by molar-refractivity contribution is 6.46. The van der Waals surface area contributed by atoms with E-state index in [1.807, 2.05) is 38.1 Å². The van der Waals surface area contributed by atoms with Gasteiger partial charge in [0.25, 0.3) is 11.7 Å². The number of rotatable bonds is 4. The molecule has 2 fully saturated rings. The highest BCUT2D eigenvalue weighted by Crippen LogP contribution is 2.45. The monoisotopic (exact) mass is 453 g/mol. The number of ketones is 1. The fourth-order valence-electron chi connectivity index (χ4n) is 5.01. The lowest BCUT2D eigenvalue weighted by Crippen LogP contribution is -2.40. The minimum atomic E-state index is -0.667. The second-order valence-electron chi connectivity index (χ2n) is 8.74. The minimum absolute atomic E-state index is 0.0287. The summed E-state index contributed by atoms with van der Waals surface area (Å²) in [5, 5.41) is 11.8. The molecular formula is C26H28ClNO4. The van der Waals surface area contributed by atoms with Crippen LogP contribution >= 0.6 is 11.6 Å². The first-order chi connectivity index (χ1) is 15.3. The number of carbonyl (C=O) groups is 2. The van der Waals surface area contributed by atoms with E-state index < -0.39 is 17.7 Å². The van der Waals surface area contributed by atoms with Gasteiger partial charge in [0, 0.05) is 6.04 Å². The number of carbonyl (C=O) groups excluding carboxylic acids is 2. The lowest BCUT2D eigenvalue weighted by atomic mass is 9.90. The zero-order valence-electron chi connectivity index (χ0n) is 18.7. The molecule has 0 radical (unpaired) electrons. The van der Waals surface area contributed by atoms with Gasteiger partial charge < -0.3 is 14.7 Å². The Morgan fingerprint density at radius 2 is 1.78 bits per heavy atom. The first-order valence-electron chi connectivity index (χ1n) is 11.0. The Labute approximate surface area is 193 Å². The standard InChI is InChI=1S/C26H28ClNO4/c1-15-8-7-9-17(12-15)22-21(23(29)19-13-16(2)14-20(27)25(19)32-3)24(30)26(31)28(22)18-10-5-4-6-11-18/h7-9,12-14,18,22,29H,4-6,10-11H2,1-3H3/b23-21+. The SMILES string of the molecule is COc1c(Cl)cc(C)cc1/C(O)=C1\C(=O)C(=O)N(C2CCCCC2)C1c1cccc(C)c1. The smallest absolute Gasteiger partial charge is 0.295 e. The molecule has 1 atom stereocenters. The number of methoxy groups -OCH3 is 1. The van der Waals surface area contributed by atoms with Crippen molar-refractivity contribution in [3.05, 3.63) is 69.2 Å². The van der Waals surface area contributed by atoms with Crippen molar-refractivity contribution in [3.63, 3.8) is 0 Å². The number of hydrogen-bond acceptors (Lipinski definition) is 4. The van der Waals surface area contributed by atoms with E-state index in [4.69, 9.17) is 16.3 Å². The normalized spacial score (nSPS) is 21.2. The molecule has 4 rings (SSSR count). The first-order valence-corrected chi connectivity index (χ1v) is 11.4. The third-order valence-corrected chi connectivity index (χ3v) is 6.73. The summed E-state index contributed by atoms with van der Waals surface area (Å²) in [4.78, 5) is 28.3. The molecule has 168 valence electrons. The van der Waals surface area contributed by atoms with Crippen LogP contribution in [-0.2, 0) is 9.59 Å². The third kappa shape index (κ3) is 3.90. The summed E-state index contributed by atoms with van der Waals surface area (Å²) in [6.45, 7) is 3.82. The van der Waals surface area contributed by atoms with Crippen LogP contribution in [0.25, 0.3) is 5.76 Å². The van der Waals surface area contributed by atoms with E-state index in [0.29, 0.717) is 10.6 Å². The number of Topliss-reactive ketones (excluding diaryl/α,β-unsaturated/α-hetero) is 1. The Hall–Kier alpha value is -2.79. The van der Waals surface area contributed by atoms with Crippen molar-refractivity contribution in [1.29, 1.82) is 0 Å². The number of likely N-dealkylation sites (tertiary alicyclic amines) is 1. The fourth-order valence-corrected chi connectivity index (χ4v) is 5.36. The van der Waals surface area contributed by atoms with E-state index in [-0.39, 0.29) is 23.1 Å². The van der Waals surface area contributed by atoms with Crippen LogP contribution in [-0.4, -0.2) is 34.8 Å². The van der Waals surface area contributed by atoms with Gasteiger partial charge in [-0.05, 0) is 49.9 Å². The average Bonchev–Trinajstić information content (AvgIpc) is 3.04. The molecule has 6 heteroatoms. The van der Waals surface area contributed by atoms with Gasteiger partial charge in [-0.15, -0.1) is 0 Å². The molecule has 2 aliphatic rings. The lowest BCUT2D eigenvalue weighted by Gasteiger charge is -2.35. The molecule has 1 N–H and O–H groups in total. The molecule has 1 saturated carbocycles. The van der Waals surface area contributed by atoms with Crippen molar-refractivity contribution in [2.75, 3.05) is 7.11 Å². The maximum Gasteiger partial charge on any atom is 0.295 e. The van der Waals surface area contributed by atoms with Crippen molar-refractivity contribution < 1.29 is 19.4 Å². The van der Waals surface area contributed by atoms with Crippen LogP contribution in [0.3, 0.4) is 0 Å². The van der Waals surface area contributed by atoms with Crippen LogP contribution < -0.4 is 4.74 Å². The number of hydrogen-bond donors (Lipinski definition) is 1. The predicted octanol–water partition coefficient (Wildman–Crippen LogP) is 5.72. The number of amides is 1. The summed E-state index contributed by atoms with van der Waals surface area (Å²) in [6, 6.07) is 10.5. The van der Waals surface area contributed by atoms with Crippen LogP contribution in [0, 0.1) is 13.8 Å². The van der Waals surface area contributed by atoms with E-state index in [1.54, 1.807) is 17.0 Å². The number of nitrogens with zero attached hydrogens (tertiary/aromatic N) is 1. The largest absolute Gasteiger partial charge is 0.507 e. The van der Waals surface area contributed by atoms with E-state index in [1.165, 1.54) is 7.11 Å². The van der Waals surface area contributed by atoms with Gasteiger partial charge in [-0.3, -0.25) is 9.59 Å². The maximum absolute atomic E-state index is 13.3. The average molecular weight is 454 g/mol. The summed E-state index contributed by atoms with van der Waals surface area (Å²) in [5.41, 5.74) is 3.05. The highest BCUT2D eigenvalue weighted by atomic mass is 35.5. The molecule has 5 nitrogen and oxygen atoms in total. The molecule has 0 aromatic heterocycles. The molecule has 0 bridgehead atoms. The predicted molar refractivity (Wildman–Crippen MR) is 125 cm³/mol. The molecular weight excluding hydrogens is 426 g/mol. The Kier molecular flexibility index (Phi) is 6.29. The van der Waals surface area contributed by atoms with Gasteiger partial charge in [0.1, 0.15) is 11.5 Å². The minimum Gasteiger partial charge on any atom is -0.507 e. The second kappa shape index (κ2) is 8.99. The number of halogens is 1. The fraction of sp³-hybridized carbons (Fsp3) is 0.385. The summed E-state index contributed by atoms with van der Waals surface area (Å²) in [5.74, 6) is -1.20. The summed E-state index contributed by atoms with van der Waals surface area (Å²) in [6.07, 6.45) is 4.89. The van der Waals surface area contributed by atoms with Crippen molar-refractivity contribution in [1.82, 2.24) is 4.90 Å². The first kappa shape index (κ1) is 22.4. The van der Waals surface area contributed by atoms with Crippen LogP contribution in [0.1, 0.15) is 60.4 Å². The van der Waals surface area contributed by atoms with Crippen molar-refractivity contribution >= 4 is 29.1 Å². The number of aryl methyl sites for hydroxylation is 2. The summed E-state index contributed by atoms with van der Waals surface area (Å²) < 4.78 is 5.44. The van der Waals surface area contributed by atoms with Gasteiger partial charge in [-0.1, -0.05) is 60.7 Å². The molecule has 2 aromatic carbocycles. The Morgan fingerprint density at radius 3 is 2.44 bits per heavy atom.